The maximum absolute atomic E-state index is 5.94. The average Bonchev–Trinajstić information content (AvgIpc) is 3.02. The monoisotopic (exact) mass is 288 g/mol. The van der Waals surface area contributed by atoms with E-state index in [2.05, 4.69) is 40.5 Å². The zero-order valence-electron chi connectivity index (χ0n) is 13.0. The van der Waals surface area contributed by atoms with Crippen LogP contribution in [0, 0.1) is 11.8 Å². The van der Waals surface area contributed by atoms with Crippen molar-refractivity contribution in [2.24, 2.45) is 11.8 Å². The summed E-state index contributed by atoms with van der Waals surface area (Å²) in [6, 6.07) is 10.5. The summed E-state index contributed by atoms with van der Waals surface area (Å²) in [5.74, 6) is 1.59. The SMILES string of the molecule is c1ccc(COC[C@@H]2CCCN(C[C@H]3CCNC3)C2)cc1. The van der Waals surface area contributed by atoms with Crippen LogP contribution in [0.1, 0.15) is 24.8 Å². The number of hydrogen-bond acceptors (Lipinski definition) is 3. The van der Waals surface area contributed by atoms with Gasteiger partial charge in [0.2, 0.25) is 0 Å². The predicted molar refractivity (Wildman–Crippen MR) is 86.2 cm³/mol. The fourth-order valence-electron chi connectivity index (χ4n) is 3.61. The van der Waals surface area contributed by atoms with Crippen LogP contribution in [0.5, 0.6) is 0 Å². The van der Waals surface area contributed by atoms with Gasteiger partial charge in [0.1, 0.15) is 0 Å². The first-order valence-corrected chi connectivity index (χ1v) is 8.45. The van der Waals surface area contributed by atoms with Crippen LogP contribution in [0.4, 0.5) is 0 Å². The van der Waals surface area contributed by atoms with Gasteiger partial charge in [-0.25, -0.2) is 0 Å². The molecule has 3 heteroatoms. The van der Waals surface area contributed by atoms with E-state index in [1.165, 1.54) is 57.5 Å². The van der Waals surface area contributed by atoms with Gasteiger partial charge in [-0.15, -0.1) is 0 Å². The molecule has 0 saturated carbocycles. The van der Waals surface area contributed by atoms with Gasteiger partial charge < -0.3 is 15.0 Å². The van der Waals surface area contributed by atoms with Gasteiger partial charge in [-0.05, 0) is 56.3 Å². The minimum Gasteiger partial charge on any atom is -0.376 e. The molecule has 0 radical (unpaired) electrons. The molecule has 0 bridgehead atoms. The molecule has 2 saturated heterocycles. The molecule has 3 rings (SSSR count). The van der Waals surface area contributed by atoms with Gasteiger partial charge in [-0.3, -0.25) is 0 Å². The van der Waals surface area contributed by atoms with Gasteiger partial charge in [0.15, 0.2) is 0 Å². The number of nitrogens with one attached hydrogen (secondary N) is 1. The first-order chi connectivity index (χ1) is 10.4. The van der Waals surface area contributed by atoms with E-state index in [-0.39, 0.29) is 0 Å². The summed E-state index contributed by atoms with van der Waals surface area (Å²) in [6.07, 6.45) is 4.01. The van der Waals surface area contributed by atoms with E-state index in [1.54, 1.807) is 0 Å². The lowest BCUT2D eigenvalue weighted by Crippen LogP contribution is -2.40. The molecule has 2 fully saturated rings. The summed E-state index contributed by atoms with van der Waals surface area (Å²) in [7, 11) is 0. The predicted octanol–water partition coefficient (Wildman–Crippen LogP) is 2.52. The van der Waals surface area contributed by atoms with Crippen molar-refractivity contribution in [2.75, 3.05) is 39.3 Å². The maximum atomic E-state index is 5.94. The number of rotatable bonds is 6. The van der Waals surface area contributed by atoms with Crippen LogP contribution in [0.3, 0.4) is 0 Å². The van der Waals surface area contributed by atoms with Gasteiger partial charge in [0, 0.05) is 13.1 Å². The highest BCUT2D eigenvalue weighted by Crippen LogP contribution is 2.20. The first kappa shape index (κ1) is 15.0. The minimum atomic E-state index is 0.719. The molecule has 116 valence electrons. The Bertz CT molecular complexity index is 403. The lowest BCUT2D eigenvalue weighted by molar-refractivity contribution is 0.0482. The molecule has 1 aromatic carbocycles. The molecule has 0 amide bonds. The van der Waals surface area contributed by atoms with Crippen LogP contribution in [0.25, 0.3) is 0 Å². The van der Waals surface area contributed by atoms with E-state index in [1.807, 2.05) is 0 Å². The highest BCUT2D eigenvalue weighted by atomic mass is 16.5. The average molecular weight is 288 g/mol. The van der Waals surface area contributed by atoms with E-state index in [4.69, 9.17) is 4.74 Å². The number of likely N-dealkylation sites (tertiary alicyclic amines) is 1. The molecular formula is C18H28N2O. The Hall–Kier alpha value is -0.900. The molecule has 0 spiro atoms. The van der Waals surface area contributed by atoms with Gasteiger partial charge >= 0.3 is 0 Å². The summed E-state index contributed by atoms with van der Waals surface area (Å²) in [5, 5.41) is 3.47. The van der Waals surface area contributed by atoms with Crippen molar-refractivity contribution in [2.45, 2.75) is 25.9 Å². The molecule has 1 aromatic rings. The van der Waals surface area contributed by atoms with Crippen molar-refractivity contribution in [3.63, 3.8) is 0 Å². The Morgan fingerprint density at radius 3 is 2.86 bits per heavy atom. The first-order valence-electron chi connectivity index (χ1n) is 8.45. The Kier molecular flexibility index (Phi) is 5.67. The fourth-order valence-corrected chi connectivity index (χ4v) is 3.61. The van der Waals surface area contributed by atoms with Gasteiger partial charge in [-0.2, -0.15) is 0 Å². The molecular weight excluding hydrogens is 260 g/mol. The molecule has 2 atom stereocenters. The lowest BCUT2D eigenvalue weighted by atomic mass is 9.97. The normalized spacial score (nSPS) is 27.0. The summed E-state index contributed by atoms with van der Waals surface area (Å²) in [4.78, 5) is 2.66. The molecule has 2 aliphatic rings. The molecule has 1 N–H and O–H groups in total. The van der Waals surface area contributed by atoms with Crippen LogP contribution in [0.2, 0.25) is 0 Å². The van der Waals surface area contributed by atoms with E-state index in [0.29, 0.717) is 0 Å². The molecule has 0 aliphatic carbocycles. The molecule has 2 heterocycles. The van der Waals surface area contributed by atoms with Crippen LogP contribution in [-0.2, 0) is 11.3 Å². The van der Waals surface area contributed by atoms with Crippen molar-refractivity contribution in [1.29, 1.82) is 0 Å². The lowest BCUT2D eigenvalue weighted by Gasteiger charge is -2.34. The molecule has 3 nitrogen and oxygen atoms in total. The van der Waals surface area contributed by atoms with E-state index < -0.39 is 0 Å². The van der Waals surface area contributed by atoms with Crippen LogP contribution in [-0.4, -0.2) is 44.2 Å². The van der Waals surface area contributed by atoms with Gasteiger partial charge in [0.05, 0.1) is 13.2 Å². The summed E-state index contributed by atoms with van der Waals surface area (Å²) < 4.78 is 5.94. The van der Waals surface area contributed by atoms with Gasteiger partial charge in [0.25, 0.3) is 0 Å². The van der Waals surface area contributed by atoms with Crippen LogP contribution < -0.4 is 5.32 Å². The van der Waals surface area contributed by atoms with Crippen LogP contribution in [0.15, 0.2) is 30.3 Å². The van der Waals surface area contributed by atoms with Crippen molar-refractivity contribution in [3.05, 3.63) is 35.9 Å². The number of nitrogens with zero attached hydrogens (tertiary/aromatic N) is 1. The Morgan fingerprint density at radius 1 is 1.14 bits per heavy atom. The van der Waals surface area contributed by atoms with Crippen molar-refractivity contribution >= 4 is 0 Å². The minimum absolute atomic E-state index is 0.719. The second-order valence-electron chi connectivity index (χ2n) is 6.63. The molecule has 21 heavy (non-hydrogen) atoms. The smallest absolute Gasteiger partial charge is 0.0717 e. The zero-order chi connectivity index (χ0) is 14.3. The maximum Gasteiger partial charge on any atom is 0.0717 e. The summed E-state index contributed by atoms with van der Waals surface area (Å²) >= 11 is 0. The van der Waals surface area contributed by atoms with Crippen LogP contribution >= 0.6 is 0 Å². The van der Waals surface area contributed by atoms with Crippen molar-refractivity contribution in [1.82, 2.24) is 10.2 Å². The highest BCUT2D eigenvalue weighted by molar-refractivity contribution is 5.13. The Balaban J connectivity index is 1.37. The van der Waals surface area contributed by atoms with E-state index >= 15 is 0 Å². The summed E-state index contributed by atoms with van der Waals surface area (Å²) in [5.41, 5.74) is 1.28. The molecule has 2 aliphatic heterocycles. The number of piperidine rings is 1. The number of benzene rings is 1. The van der Waals surface area contributed by atoms with Crippen molar-refractivity contribution in [3.8, 4) is 0 Å². The highest BCUT2D eigenvalue weighted by Gasteiger charge is 2.23. The second-order valence-corrected chi connectivity index (χ2v) is 6.63. The van der Waals surface area contributed by atoms with Gasteiger partial charge in [-0.1, -0.05) is 30.3 Å². The van der Waals surface area contributed by atoms with E-state index in [0.717, 1.165) is 25.0 Å². The largest absolute Gasteiger partial charge is 0.376 e. The van der Waals surface area contributed by atoms with Crippen molar-refractivity contribution < 1.29 is 4.74 Å². The third-order valence-corrected chi connectivity index (χ3v) is 4.75. The second kappa shape index (κ2) is 7.92. The third-order valence-electron chi connectivity index (χ3n) is 4.75. The Morgan fingerprint density at radius 2 is 2.05 bits per heavy atom. The third kappa shape index (κ3) is 4.80. The fraction of sp³-hybridized carbons (Fsp3) is 0.667. The number of hydrogen-bond donors (Lipinski definition) is 1. The molecule has 0 aromatic heterocycles. The Labute approximate surface area is 128 Å². The zero-order valence-corrected chi connectivity index (χ0v) is 13.0. The topological polar surface area (TPSA) is 24.5 Å². The molecule has 0 unspecified atom stereocenters. The summed E-state index contributed by atoms with van der Waals surface area (Å²) in [6.45, 7) is 7.88. The number of ether oxygens (including phenoxy) is 1. The standard InChI is InChI=1S/C18H28N2O/c1-2-5-16(6-3-1)14-21-15-18-7-4-10-20(13-18)12-17-8-9-19-11-17/h1-3,5-6,17-19H,4,7-15H2/t17-,18+/m0/s1. The quantitative estimate of drug-likeness (QED) is 0.870. The van der Waals surface area contributed by atoms with E-state index in [9.17, 15) is 0 Å².